The van der Waals surface area contributed by atoms with E-state index in [0.717, 1.165) is 11.4 Å². The molecule has 0 radical (unpaired) electrons. The third kappa shape index (κ3) is 5.20. The molecule has 1 aromatic heterocycles. The predicted octanol–water partition coefficient (Wildman–Crippen LogP) is 0.987. The summed E-state index contributed by atoms with van der Waals surface area (Å²) in [5, 5.41) is 9.97. The summed E-state index contributed by atoms with van der Waals surface area (Å²) in [6, 6.07) is 1.82. The first-order valence-corrected chi connectivity index (χ1v) is 7.20. The van der Waals surface area contributed by atoms with E-state index in [4.69, 9.17) is 4.74 Å². The summed E-state index contributed by atoms with van der Waals surface area (Å²) in [7, 11) is -1.40. The Balaban J connectivity index is 2.59. The van der Waals surface area contributed by atoms with Crippen LogP contribution in [0.5, 0.6) is 0 Å². The van der Waals surface area contributed by atoms with Crippen LogP contribution in [0.2, 0.25) is 0 Å². The Labute approximate surface area is 110 Å². The van der Waals surface area contributed by atoms with Crippen LogP contribution in [-0.2, 0) is 15.5 Å². The van der Waals surface area contributed by atoms with Crippen LogP contribution in [0.15, 0.2) is 11.2 Å². The van der Waals surface area contributed by atoms with Crippen LogP contribution in [0.25, 0.3) is 0 Å². The minimum absolute atomic E-state index is 0.0468. The Kier molecular flexibility index (Phi) is 5.84. The molecule has 0 amide bonds. The highest BCUT2D eigenvalue weighted by Crippen LogP contribution is 2.06. The fourth-order valence-corrected chi connectivity index (χ4v) is 2.48. The van der Waals surface area contributed by atoms with Gasteiger partial charge in [-0.15, -0.1) is 0 Å². The number of ether oxygens (including phenoxy) is 1. The van der Waals surface area contributed by atoms with Crippen molar-refractivity contribution >= 4 is 10.8 Å². The van der Waals surface area contributed by atoms with E-state index < -0.39 is 16.9 Å². The van der Waals surface area contributed by atoms with Gasteiger partial charge in [-0.1, -0.05) is 0 Å². The molecule has 5 nitrogen and oxygen atoms in total. The highest BCUT2D eigenvalue weighted by atomic mass is 32.2. The molecule has 1 aromatic rings. The molecule has 0 aliphatic heterocycles. The molecule has 102 valence electrons. The van der Waals surface area contributed by atoms with E-state index in [0.29, 0.717) is 0 Å². The Morgan fingerprint density at radius 2 is 1.89 bits per heavy atom. The van der Waals surface area contributed by atoms with E-state index in [1.807, 2.05) is 33.8 Å². The van der Waals surface area contributed by atoms with E-state index in [-0.39, 0.29) is 23.6 Å². The highest BCUT2D eigenvalue weighted by molar-refractivity contribution is 7.84. The van der Waals surface area contributed by atoms with Crippen LogP contribution >= 0.6 is 0 Å². The van der Waals surface area contributed by atoms with Gasteiger partial charge in [-0.05, 0) is 33.8 Å². The molecule has 18 heavy (non-hydrogen) atoms. The molecule has 0 saturated carbocycles. The minimum Gasteiger partial charge on any atom is -0.390 e. The normalized spacial score (nSPS) is 14.8. The Hall–Kier alpha value is -0.850. The fourth-order valence-electron chi connectivity index (χ4n) is 1.40. The number of hydrogen-bond acceptors (Lipinski definition) is 5. The first-order chi connectivity index (χ1) is 8.38. The van der Waals surface area contributed by atoms with Crippen molar-refractivity contribution in [3.63, 3.8) is 0 Å². The van der Waals surface area contributed by atoms with Crippen LogP contribution in [0.1, 0.15) is 25.2 Å². The first kappa shape index (κ1) is 15.2. The Morgan fingerprint density at radius 3 is 2.39 bits per heavy atom. The van der Waals surface area contributed by atoms with Crippen LogP contribution in [-0.4, -0.2) is 43.9 Å². The number of aromatic nitrogens is 2. The zero-order valence-electron chi connectivity index (χ0n) is 11.2. The van der Waals surface area contributed by atoms with Crippen molar-refractivity contribution in [3.05, 3.63) is 17.5 Å². The fraction of sp³-hybridized carbons (Fsp3) is 0.667. The van der Waals surface area contributed by atoms with Crippen molar-refractivity contribution in [2.45, 2.75) is 45.1 Å². The number of rotatable bonds is 6. The van der Waals surface area contributed by atoms with Gasteiger partial charge in [0.05, 0.1) is 35.4 Å². The average Bonchev–Trinajstić information content (AvgIpc) is 2.25. The summed E-state index contributed by atoms with van der Waals surface area (Å²) in [6.45, 7) is 7.60. The van der Waals surface area contributed by atoms with Gasteiger partial charge < -0.3 is 9.84 Å². The van der Waals surface area contributed by atoms with E-state index in [1.54, 1.807) is 0 Å². The van der Waals surface area contributed by atoms with Crippen LogP contribution in [0, 0.1) is 13.8 Å². The maximum absolute atomic E-state index is 12.0. The molecule has 0 fully saturated rings. The van der Waals surface area contributed by atoms with E-state index >= 15 is 0 Å². The van der Waals surface area contributed by atoms with Gasteiger partial charge >= 0.3 is 0 Å². The Bertz CT molecular complexity index is 404. The molecule has 0 spiro atoms. The number of aliphatic hydroxyl groups is 1. The summed E-state index contributed by atoms with van der Waals surface area (Å²) in [4.78, 5) is 8.24. The number of aryl methyl sites for hydroxylation is 2. The van der Waals surface area contributed by atoms with Crippen LogP contribution in [0.4, 0.5) is 0 Å². The lowest BCUT2D eigenvalue weighted by molar-refractivity contribution is 0.0149. The van der Waals surface area contributed by atoms with Gasteiger partial charge in [-0.2, -0.15) is 0 Å². The molecular weight excluding hydrogens is 252 g/mol. The molecule has 0 aliphatic rings. The molecular formula is C12H20N2O3S. The van der Waals surface area contributed by atoms with Gasteiger partial charge in [-0.3, -0.25) is 4.21 Å². The van der Waals surface area contributed by atoms with Crippen molar-refractivity contribution in [1.29, 1.82) is 0 Å². The minimum atomic E-state index is -1.40. The quantitative estimate of drug-likeness (QED) is 0.782. The zero-order chi connectivity index (χ0) is 13.7. The van der Waals surface area contributed by atoms with Crippen molar-refractivity contribution in [2.24, 2.45) is 0 Å². The average molecular weight is 272 g/mol. The predicted molar refractivity (Wildman–Crippen MR) is 69.9 cm³/mol. The summed E-state index contributed by atoms with van der Waals surface area (Å²) in [6.07, 6.45) is -0.719. The second-order valence-electron chi connectivity index (χ2n) is 4.48. The molecule has 0 aromatic carbocycles. The van der Waals surface area contributed by atoms with Crippen molar-refractivity contribution in [1.82, 2.24) is 9.97 Å². The molecule has 6 heteroatoms. The van der Waals surface area contributed by atoms with Gasteiger partial charge in [0.1, 0.15) is 0 Å². The number of aliphatic hydroxyl groups excluding tert-OH is 1. The summed E-state index contributed by atoms with van der Waals surface area (Å²) < 4.78 is 17.2. The van der Waals surface area contributed by atoms with Crippen molar-refractivity contribution < 1.29 is 14.1 Å². The maximum Gasteiger partial charge on any atom is 0.219 e. The summed E-state index contributed by atoms with van der Waals surface area (Å²) >= 11 is 0. The van der Waals surface area contributed by atoms with Crippen LogP contribution < -0.4 is 0 Å². The molecule has 0 bridgehead atoms. The largest absolute Gasteiger partial charge is 0.390 e. The monoisotopic (exact) mass is 272 g/mol. The maximum atomic E-state index is 12.0. The van der Waals surface area contributed by atoms with E-state index in [1.165, 1.54) is 0 Å². The number of hydrogen-bond donors (Lipinski definition) is 1. The van der Waals surface area contributed by atoms with Gasteiger partial charge in [0.15, 0.2) is 0 Å². The Morgan fingerprint density at radius 1 is 1.33 bits per heavy atom. The molecule has 2 atom stereocenters. The first-order valence-electron chi connectivity index (χ1n) is 5.89. The van der Waals surface area contributed by atoms with Crippen molar-refractivity contribution in [2.75, 3.05) is 12.4 Å². The molecule has 1 rings (SSSR count). The standard InChI is InChI=1S/C12H20N2O3S/c1-8(2)17-6-11(15)7-18(16)12-13-9(3)5-10(4)14-12/h5,8,11,15H,6-7H2,1-4H3. The second kappa shape index (κ2) is 6.92. The lowest BCUT2D eigenvalue weighted by Crippen LogP contribution is -2.25. The third-order valence-electron chi connectivity index (χ3n) is 2.13. The highest BCUT2D eigenvalue weighted by Gasteiger charge is 2.15. The molecule has 0 aliphatic carbocycles. The molecule has 0 saturated heterocycles. The molecule has 1 heterocycles. The smallest absolute Gasteiger partial charge is 0.219 e. The van der Waals surface area contributed by atoms with Gasteiger partial charge in [-0.25, -0.2) is 9.97 Å². The van der Waals surface area contributed by atoms with Crippen molar-refractivity contribution in [3.8, 4) is 0 Å². The lowest BCUT2D eigenvalue weighted by atomic mass is 10.4. The van der Waals surface area contributed by atoms with E-state index in [9.17, 15) is 9.32 Å². The van der Waals surface area contributed by atoms with E-state index in [2.05, 4.69) is 9.97 Å². The zero-order valence-corrected chi connectivity index (χ0v) is 12.0. The SMILES string of the molecule is Cc1cc(C)nc(S(=O)CC(O)COC(C)C)n1. The topological polar surface area (TPSA) is 72.3 Å². The van der Waals surface area contributed by atoms with Gasteiger partial charge in [0.25, 0.3) is 0 Å². The van der Waals surface area contributed by atoms with Crippen LogP contribution in [0.3, 0.4) is 0 Å². The molecule has 2 unspecified atom stereocenters. The molecule has 1 N–H and O–H groups in total. The van der Waals surface area contributed by atoms with Gasteiger partial charge in [0, 0.05) is 11.4 Å². The second-order valence-corrected chi connectivity index (χ2v) is 5.87. The summed E-state index contributed by atoms with van der Waals surface area (Å²) in [5.41, 5.74) is 1.55. The number of nitrogens with zero attached hydrogens (tertiary/aromatic N) is 2. The van der Waals surface area contributed by atoms with Gasteiger partial charge in [0.2, 0.25) is 5.16 Å². The summed E-state index contributed by atoms with van der Waals surface area (Å²) in [5.74, 6) is 0.0929. The lowest BCUT2D eigenvalue weighted by Gasteiger charge is -2.12. The third-order valence-corrected chi connectivity index (χ3v) is 3.41.